The molecule has 146 valence electrons. The highest BCUT2D eigenvalue weighted by Gasteiger charge is 2.28. The second-order valence-corrected chi connectivity index (χ2v) is 7.78. The smallest absolute Gasteiger partial charge is 0.274 e. The molecule has 0 bridgehead atoms. The summed E-state index contributed by atoms with van der Waals surface area (Å²) in [5.74, 6) is 0.324. The summed E-state index contributed by atoms with van der Waals surface area (Å²) in [6.07, 6.45) is 0.856. The number of piperidine rings is 1. The molecule has 0 radical (unpaired) electrons. The van der Waals surface area contributed by atoms with E-state index in [0.717, 1.165) is 4.70 Å². The standard InChI is InChI=1S/C21H21FN2O3S/c1-14(26-15-6-3-2-4-7-15)20(25)24-12-10-16(11-13-24)27-21-23-19-17(22)8-5-9-18(19)28-21/h2-9,14,16H,10-13H2,1H3. The van der Waals surface area contributed by atoms with E-state index in [-0.39, 0.29) is 17.8 Å². The van der Waals surface area contributed by atoms with Gasteiger partial charge in [-0.1, -0.05) is 35.6 Å². The third kappa shape index (κ3) is 4.09. The molecule has 0 N–H and O–H groups in total. The van der Waals surface area contributed by atoms with Gasteiger partial charge in [-0.3, -0.25) is 4.79 Å². The van der Waals surface area contributed by atoms with Gasteiger partial charge in [0.2, 0.25) is 0 Å². The van der Waals surface area contributed by atoms with Gasteiger partial charge in [0, 0.05) is 25.9 Å². The number of aromatic nitrogens is 1. The van der Waals surface area contributed by atoms with Crippen molar-refractivity contribution in [3.05, 3.63) is 54.3 Å². The molecule has 3 aromatic rings. The van der Waals surface area contributed by atoms with E-state index < -0.39 is 6.10 Å². The van der Waals surface area contributed by atoms with Crippen LogP contribution in [0.4, 0.5) is 4.39 Å². The zero-order chi connectivity index (χ0) is 19.5. The first kappa shape index (κ1) is 18.7. The number of carbonyl (C=O) groups is 1. The summed E-state index contributed by atoms with van der Waals surface area (Å²) < 4.78 is 26.2. The average molecular weight is 400 g/mol. The van der Waals surface area contributed by atoms with E-state index in [2.05, 4.69) is 4.98 Å². The predicted molar refractivity (Wildman–Crippen MR) is 106 cm³/mol. The normalized spacial score (nSPS) is 16.1. The van der Waals surface area contributed by atoms with E-state index in [0.29, 0.717) is 42.4 Å². The number of carbonyl (C=O) groups excluding carboxylic acids is 1. The number of amides is 1. The van der Waals surface area contributed by atoms with Crippen LogP contribution in [0.25, 0.3) is 10.2 Å². The van der Waals surface area contributed by atoms with Crippen LogP contribution in [0.3, 0.4) is 0 Å². The number of hydrogen-bond donors (Lipinski definition) is 0. The second-order valence-electron chi connectivity index (χ2n) is 6.78. The van der Waals surface area contributed by atoms with Gasteiger partial charge in [-0.25, -0.2) is 4.39 Å². The molecule has 1 aromatic heterocycles. The number of para-hydroxylation sites is 2. The number of thiazole rings is 1. The van der Waals surface area contributed by atoms with E-state index >= 15 is 0 Å². The van der Waals surface area contributed by atoms with Gasteiger partial charge in [0.15, 0.2) is 6.10 Å². The summed E-state index contributed by atoms with van der Waals surface area (Å²) in [4.78, 5) is 18.7. The number of rotatable bonds is 5. The van der Waals surface area contributed by atoms with Gasteiger partial charge >= 0.3 is 0 Å². The van der Waals surface area contributed by atoms with E-state index in [1.807, 2.05) is 41.3 Å². The summed E-state index contributed by atoms with van der Waals surface area (Å²) in [6, 6.07) is 14.2. The van der Waals surface area contributed by atoms with Gasteiger partial charge in [-0.15, -0.1) is 0 Å². The van der Waals surface area contributed by atoms with Crippen LogP contribution >= 0.6 is 11.3 Å². The number of fused-ring (bicyclic) bond motifs is 1. The Labute approximate surface area is 166 Å². The SMILES string of the molecule is CC(Oc1ccccc1)C(=O)N1CCC(Oc2nc3c(F)cccc3s2)CC1. The minimum Gasteiger partial charge on any atom is -0.481 e. The fourth-order valence-electron chi connectivity index (χ4n) is 3.29. The number of benzene rings is 2. The topological polar surface area (TPSA) is 51.7 Å². The lowest BCUT2D eigenvalue weighted by molar-refractivity contribution is -0.139. The van der Waals surface area contributed by atoms with Crippen molar-refractivity contribution in [2.75, 3.05) is 13.1 Å². The Morgan fingerprint density at radius 2 is 1.93 bits per heavy atom. The Balaban J connectivity index is 1.31. The highest BCUT2D eigenvalue weighted by Crippen LogP contribution is 2.31. The molecule has 2 aromatic carbocycles. The van der Waals surface area contributed by atoms with E-state index in [9.17, 15) is 9.18 Å². The Kier molecular flexibility index (Phi) is 5.43. The third-order valence-electron chi connectivity index (χ3n) is 4.78. The molecule has 0 aliphatic carbocycles. The zero-order valence-electron chi connectivity index (χ0n) is 15.5. The van der Waals surface area contributed by atoms with Crippen LogP contribution in [0.15, 0.2) is 48.5 Å². The quantitative estimate of drug-likeness (QED) is 0.642. The van der Waals surface area contributed by atoms with Crippen molar-refractivity contribution in [2.24, 2.45) is 0 Å². The lowest BCUT2D eigenvalue weighted by Crippen LogP contribution is -2.46. The van der Waals surface area contributed by atoms with Crippen LogP contribution in [0, 0.1) is 5.82 Å². The van der Waals surface area contributed by atoms with E-state index in [4.69, 9.17) is 9.47 Å². The maximum atomic E-state index is 13.8. The van der Waals surface area contributed by atoms with Crippen LogP contribution < -0.4 is 9.47 Å². The maximum absolute atomic E-state index is 13.8. The fourth-order valence-corrected chi connectivity index (χ4v) is 4.19. The fraction of sp³-hybridized carbons (Fsp3) is 0.333. The first-order valence-electron chi connectivity index (χ1n) is 9.32. The first-order chi connectivity index (χ1) is 13.6. The molecule has 1 unspecified atom stereocenters. The Hall–Kier alpha value is -2.67. The molecular formula is C21H21FN2O3S. The second kappa shape index (κ2) is 8.14. The Morgan fingerprint density at radius 1 is 1.18 bits per heavy atom. The van der Waals surface area contributed by atoms with Crippen molar-refractivity contribution in [2.45, 2.75) is 32.0 Å². The molecule has 28 heavy (non-hydrogen) atoms. The molecule has 5 nitrogen and oxygen atoms in total. The maximum Gasteiger partial charge on any atom is 0.274 e. The van der Waals surface area contributed by atoms with Crippen LogP contribution in [-0.2, 0) is 4.79 Å². The average Bonchev–Trinajstić information content (AvgIpc) is 3.13. The summed E-state index contributed by atoms with van der Waals surface area (Å²) in [5, 5.41) is 0.477. The summed E-state index contributed by atoms with van der Waals surface area (Å²) in [6.45, 7) is 2.98. The zero-order valence-corrected chi connectivity index (χ0v) is 16.3. The minimum atomic E-state index is -0.535. The molecule has 1 aliphatic heterocycles. The molecule has 4 rings (SSSR count). The molecule has 1 aliphatic rings. The first-order valence-corrected chi connectivity index (χ1v) is 10.1. The highest BCUT2D eigenvalue weighted by atomic mass is 32.1. The van der Waals surface area contributed by atoms with Crippen molar-refractivity contribution >= 4 is 27.5 Å². The Bertz CT molecular complexity index is 955. The monoisotopic (exact) mass is 400 g/mol. The number of ether oxygens (including phenoxy) is 2. The molecule has 7 heteroatoms. The number of hydrogen-bond acceptors (Lipinski definition) is 5. The largest absolute Gasteiger partial charge is 0.481 e. The van der Waals surface area contributed by atoms with Crippen molar-refractivity contribution < 1.29 is 18.7 Å². The lowest BCUT2D eigenvalue weighted by atomic mass is 10.1. The number of halogens is 1. The molecule has 1 atom stereocenters. The van der Waals surface area contributed by atoms with Crippen molar-refractivity contribution in [1.29, 1.82) is 0 Å². The molecule has 1 amide bonds. The molecule has 2 heterocycles. The minimum absolute atomic E-state index is 0.0237. The van der Waals surface area contributed by atoms with E-state index in [1.54, 1.807) is 13.0 Å². The van der Waals surface area contributed by atoms with Gasteiger partial charge < -0.3 is 14.4 Å². The number of nitrogens with zero attached hydrogens (tertiary/aromatic N) is 2. The van der Waals surface area contributed by atoms with Gasteiger partial charge in [-0.05, 0) is 31.2 Å². The highest BCUT2D eigenvalue weighted by molar-refractivity contribution is 7.20. The number of likely N-dealkylation sites (tertiary alicyclic amines) is 1. The van der Waals surface area contributed by atoms with Gasteiger partial charge in [0.25, 0.3) is 11.1 Å². The van der Waals surface area contributed by atoms with Gasteiger partial charge in [0.05, 0.1) is 4.70 Å². The summed E-state index contributed by atoms with van der Waals surface area (Å²) in [5.41, 5.74) is 0.349. The van der Waals surface area contributed by atoms with Crippen LogP contribution in [-0.4, -0.2) is 41.1 Å². The van der Waals surface area contributed by atoms with Crippen LogP contribution in [0.5, 0.6) is 10.9 Å². The molecule has 0 saturated carbocycles. The van der Waals surface area contributed by atoms with Gasteiger partial charge in [0.1, 0.15) is 23.2 Å². The Morgan fingerprint density at radius 3 is 2.64 bits per heavy atom. The molecule has 1 saturated heterocycles. The molecule has 1 fully saturated rings. The lowest BCUT2D eigenvalue weighted by Gasteiger charge is -2.33. The third-order valence-corrected chi connectivity index (χ3v) is 5.69. The van der Waals surface area contributed by atoms with Crippen molar-refractivity contribution in [3.8, 4) is 10.9 Å². The van der Waals surface area contributed by atoms with E-state index in [1.165, 1.54) is 17.4 Å². The summed E-state index contributed by atoms with van der Waals surface area (Å²) in [7, 11) is 0. The van der Waals surface area contributed by atoms with Crippen molar-refractivity contribution in [3.63, 3.8) is 0 Å². The molecular weight excluding hydrogens is 379 g/mol. The predicted octanol–water partition coefficient (Wildman–Crippen LogP) is 4.27. The van der Waals surface area contributed by atoms with Crippen molar-refractivity contribution in [1.82, 2.24) is 9.88 Å². The molecule has 0 spiro atoms. The van der Waals surface area contributed by atoms with Crippen LogP contribution in [0.2, 0.25) is 0 Å². The van der Waals surface area contributed by atoms with Gasteiger partial charge in [-0.2, -0.15) is 4.98 Å². The van der Waals surface area contributed by atoms with Crippen LogP contribution in [0.1, 0.15) is 19.8 Å². The summed E-state index contributed by atoms with van der Waals surface area (Å²) >= 11 is 1.34.